The molecule has 0 fully saturated rings. The second-order valence-electron chi connectivity index (χ2n) is 6.66. The van der Waals surface area contributed by atoms with Crippen molar-refractivity contribution >= 4 is 31.1 Å². The Labute approximate surface area is 184 Å². The van der Waals surface area contributed by atoms with Gasteiger partial charge in [0.1, 0.15) is 0 Å². The average molecular weight is 488 g/mol. The van der Waals surface area contributed by atoms with Gasteiger partial charge in [0, 0.05) is 0 Å². The molecule has 0 radical (unpaired) electrons. The van der Waals surface area contributed by atoms with Crippen molar-refractivity contribution in [2.45, 2.75) is 18.2 Å². The Hall–Kier alpha value is -3.49. The summed E-state index contributed by atoms with van der Waals surface area (Å²) in [5.74, 6) is -1.81. The molecular formula is C21H19N3O6Se. The summed E-state index contributed by atoms with van der Waals surface area (Å²) in [4.78, 5) is 34.8. The number of rotatable bonds is 7. The summed E-state index contributed by atoms with van der Waals surface area (Å²) in [6, 6.07) is 15.3. The number of nitrogens with one attached hydrogen (secondary N) is 1. The molecule has 31 heavy (non-hydrogen) atoms. The van der Waals surface area contributed by atoms with Crippen LogP contribution < -0.4 is 9.78 Å². The van der Waals surface area contributed by atoms with Crippen LogP contribution in [0.25, 0.3) is 0 Å². The topological polar surface area (TPSA) is 125 Å². The number of hydrogen-bond acceptors (Lipinski definition) is 7. The van der Waals surface area contributed by atoms with Crippen molar-refractivity contribution in [3.05, 3.63) is 103 Å². The van der Waals surface area contributed by atoms with E-state index < -0.39 is 21.7 Å². The molecule has 1 aliphatic heterocycles. The molecule has 160 valence electrons. The second-order valence-corrected chi connectivity index (χ2v) is 8.86. The molecule has 0 spiro atoms. The number of nitrogens with zero attached hydrogens (tertiary/aromatic N) is 2. The first-order valence-electron chi connectivity index (χ1n) is 9.19. The van der Waals surface area contributed by atoms with Gasteiger partial charge in [0.2, 0.25) is 0 Å². The number of methoxy groups -OCH3 is 1. The molecule has 1 atom stereocenters. The maximum atomic E-state index is 12.8. The number of nitro groups is 2. The molecule has 10 heteroatoms. The van der Waals surface area contributed by atoms with E-state index in [-0.39, 0.29) is 43.2 Å². The molecule has 0 saturated heterocycles. The molecule has 0 bridgehead atoms. The van der Waals surface area contributed by atoms with E-state index in [0.29, 0.717) is 11.0 Å². The third-order valence-electron chi connectivity index (χ3n) is 4.75. The molecule has 2 aromatic carbocycles. The van der Waals surface area contributed by atoms with E-state index >= 15 is 0 Å². The van der Waals surface area contributed by atoms with E-state index in [1.54, 1.807) is 13.0 Å². The van der Waals surface area contributed by atoms with Gasteiger partial charge in [-0.05, 0) is 0 Å². The SMILES string of the molecule is COC(=O)C1=C(C[Se]c2ccccc2)NC(C)=C([N+](=O)[O-])C1c1cccc([N+](=O)[O-])c1. The van der Waals surface area contributed by atoms with Crippen LogP contribution >= 0.6 is 0 Å². The Morgan fingerprint density at radius 2 is 1.81 bits per heavy atom. The van der Waals surface area contributed by atoms with Crippen molar-refractivity contribution in [3.63, 3.8) is 0 Å². The van der Waals surface area contributed by atoms with Crippen molar-refractivity contribution in [1.29, 1.82) is 0 Å². The molecule has 3 rings (SSSR count). The Morgan fingerprint density at radius 3 is 2.42 bits per heavy atom. The van der Waals surface area contributed by atoms with Gasteiger partial charge in [-0.3, -0.25) is 0 Å². The fraction of sp³-hybridized carbons (Fsp3) is 0.190. The zero-order chi connectivity index (χ0) is 22.5. The predicted octanol–water partition coefficient (Wildman–Crippen LogP) is 2.66. The molecule has 2 aromatic rings. The first-order chi connectivity index (χ1) is 14.8. The maximum absolute atomic E-state index is 12.8. The van der Waals surface area contributed by atoms with Gasteiger partial charge in [0.05, 0.1) is 0 Å². The number of hydrogen-bond donors (Lipinski definition) is 1. The Kier molecular flexibility index (Phi) is 6.84. The quantitative estimate of drug-likeness (QED) is 0.275. The number of ether oxygens (including phenoxy) is 1. The van der Waals surface area contributed by atoms with Crippen molar-refractivity contribution in [2.75, 3.05) is 7.11 Å². The van der Waals surface area contributed by atoms with E-state index in [4.69, 9.17) is 4.74 Å². The van der Waals surface area contributed by atoms with Crippen molar-refractivity contribution in [3.8, 4) is 0 Å². The van der Waals surface area contributed by atoms with Crippen molar-refractivity contribution in [1.82, 2.24) is 5.32 Å². The van der Waals surface area contributed by atoms with Crippen LogP contribution in [0.2, 0.25) is 5.32 Å². The summed E-state index contributed by atoms with van der Waals surface area (Å²) in [5.41, 5.74) is 0.737. The molecule has 0 amide bonds. The summed E-state index contributed by atoms with van der Waals surface area (Å²) in [5, 5.41) is 26.7. The van der Waals surface area contributed by atoms with Crippen LogP contribution in [0.15, 0.2) is 77.3 Å². The summed E-state index contributed by atoms with van der Waals surface area (Å²) in [6.07, 6.45) is 0. The summed E-state index contributed by atoms with van der Waals surface area (Å²) in [6.45, 7) is 1.56. The molecule has 0 aliphatic carbocycles. The monoisotopic (exact) mass is 489 g/mol. The van der Waals surface area contributed by atoms with E-state index in [2.05, 4.69) is 5.32 Å². The van der Waals surface area contributed by atoms with Gasteiger partial charge in [0.15, 0.2) is 0 Å². The number of non-ortho nitro benzene ring substituents is 1. The number of nitro benzene ring substituents is 1. The van der Waals surface area contributed by atoms with E-state index in [0.717, 1.165) is 4.46 Å². The number of benzene rings is 2. The van der Waals surface area contributed by atoms with Crippen LogP contribution in [0.4, 0.5) is 5.69 Å². The van der Waals surface area contributed by atoms with Crippen LogP contribution in [-0.4, -0.2) is 37.9 Å². The van der Waals surface area contributed by atoms with Gasteiger partial charge in [-0.15, -0.1) is 0 Å². The first kappa shape index (κ1) is 22.2. The molecular weight excluding hydrogens is 469 g/mol. The fourth-order valence-electron chi connectivity index (χ4n) is 3.41. The normalized spacial score (nSPS) is 16.0. The summed E-state index contributed by atoms with van der Waals surface area (Å²) >= 11 is -0.0531. The van der Waals surface area contributed by atoms with E-state index in [1.807, 2.05) is 30.3 Å². The summed E-state index contributed by atoms with van der Waals surface area (Å²) < 4.78 is 6.05. The molecule has 1 unspecified atom stereocenters. The van der Waals surface area contributed by atoms with Crippen LogP contribution in [0.1, 0.15) is 18.4 Å². The third-order valence-corrected chi connectivity index (χ3v) is 6.93. The van der Waals surface area contributed by atoms with Gasteiger partial charge in [-0.2, -0.15) is 0 Å². The van der Waals surface area contributed by atoms with Gasteiger partial charge < -0.3 is 0 Å². The Bertz CT molecular complexity index is 1100. The van der Waals surface area contributed by atoms with Gasteiger partial charge in [0.25, 0.3) is 0 Å². The van der Waals surface area contributed by atoms with Crippen LogP contribution in [0, 0.1) is 20.2 Å². The Morgan fingerprint density at radius 1 is 1.10 bits per heavy atom. The number of dihydropyridines is 1. The van der Waals surface area contributed by atoms with Gasteiger partial charge in [-0.25, -0.2) is 0 Å². The summed E-state index contributed by atoms with van der Waals surface area (Å²) in [7, 11) is 1.21. The number of esters is 1. The fourth-order valence-corrected chi connectivity index (χ4v) is 5.27. The molecule has 1 aliphatic rings. The second kappa shape index (κ2) is 9.55. The van der Waals surface area contributed by atoms with Gasteiger partial charge in [-0.1, -0.05) is 0 Å². The number of carbonyl (C=O) groups excluding carboxylic acids is 1. The molecule has 0 saturated carbocycles. The average Bonchev–Trinajstić information content (AvgIpc) is 2.77. The van der Waals surface area contributed by atoms with Crippen molar-refractivity contribution in [2.24, 2.45) is 0 Å². The van der Waals surface area contributed by atoms with Crippen LogP contribution in [-0.2, 0) is 9.53 Å². The molecule has 9 nitrogen and oxygen atoms in total. The minimum absolute atomic E-state index is 0.0531. The van der Waals surface area contributed by atoms with E-state index in [9.17, 15) is 25.0 Å². The standard InChI is InChI=1S/C21H19N3O6Se/c1-13-20(24(28)29)18(14-7-6-8-15(11-14)23(26)27)19(21(25)30-2)17(22-13)12-31-16-9-4-3-5-10-16/h3-11,18,22H,12H2,1-2H3. The number of allylic oxidation sites excluding steroid dienone is 3. The minimum atomic E-state index is -1.09. The number of carbonyl (C=O) groups is 1. The zero-order valence-electron chi connectivity index (χ0n) is 16.7. The predicted molar refractivity (Wildman–Crippen MR) is 114 cm³/mol. The van der Waals surface area contributed by atoms with Gasteiger partial charge >= 0.3 is 184 Å². The molecule has 0 aromatic heterocycles. The van der Waals surface area contributed by atoms with Crippen LogP contribution in [0.5, 0.6) is 0 Å². The first-order valence-corrected chi connectivity index (χ1v) is 11.3. The van der Waals surface area contributed by atoms with Crippen molar-refractivity contribution < 1.29 is 19.4 Å². The zero-order valence-corrected chi connectivity index (χ0v) is 18.4. The van der Waals surface area contributed by atoms with E-state index in [1.165, 1.54) is 25.3 Å². The molecule has 1 N–H and O–H groups in total. The third kappa shape index (κ3) is 4.81. The van der Waals surface area contributed by atoms with Crippen LogP contribution in [0.3, 0.4) is 0 Å². The Balaban J connectivity index is 2.14. The molecule has 1 heterocycles.